The van der Waals surface area contributed by atoms with Crippen LogP contribution in [0.5, 0.6) is 0 Å². The number of H-pyrrole nitrogens is 1. The van der Waals surface area contributed by atoms with Crippen molar-refractivity contribution in [3.05, 3.63) is 23.0 Å². The summed E-state index contributed by atoms with van der Waals surface area (Å²) in [7, 11) is 0. The van der Waals surface area contributed by atoms with Crippen molar-refractivity contribution < 1.29 is 15.3 Å². The molecule has 0 radical (unpaired) electrons. The van der Waals surface area contributed by atoms with Crippen LogP contribution in [-0.4, -0.2) is 58.9 Å². The Kier molecular flexibility index (Phi) is 3.05. The van der Waals surface area contributed by atoms with E-state index in [0.29, 0.717) is 5.65 Å². The van der Waals surface area contributed by atoms with E-state index in [1.165, 1.54) is 24.4 Å². The maximum atomic E-state index is 11.5. The highest BCUT2D eigenvalue weighted by Gasteiger charge is 2.43. The highest BCUT2D eigenvalue weighted by atomic mass is 32.2. The van der Waals surface area contributed by atoms with Gasteiger partial charge in [-0.2, -0.15) is 0 Å². The minimum atomic E-state index is -1.05. The molecule has 3 heterocycles. The number of hydrogen-bond acceptors (Lipinski definition) is 7. The van der Waals surface area contributed by atoms with Gasteiger partial charge in [-0.1, -0.05) is 0 Å². The summed E-state index contributed by atoms with van der Waals surface area (Å²) in [6, 6.07) is 0. The van der Waals surface area contributed by atoms with Crippen molar-refractivity contribution in [2.45, 2.75) is 22.8 Å². The van der Waals surface area contributed by atoms with Crippen LogP contribution in [0.15, 0.2) is 17.4 Å². The molecule has 0 unspecified atom stereocenters. The normalized spacial score (nSPS) is 31.1. The van der Waals surface area contributed by atoms with Gasteiger partial charge in [0, 0.05) is 0 Å². The molecule has 1 aliphatic heterocycles. The van der Waals surface area contributed by atoms with E-state index in [1.807, 2.05) is 0 Å². The number of aliphatic hydroxyl groups is 3. The fraction of sp³-hybridized carbons (Fsp3) is 0.500. The monoisotopic (exact) mass is 284 g/mol. The minimum absolute atomic E-state index is 0.178. The van der Waals surface area contributed by atoms with Gasteiger partial charge in [-0.05, 0) is 0 Å². The number of aliphatic hydroxyl groups excluding tert-OH is 3. The first kappa shape index (κ1) is 12.6. The summed E-state index contributed by atoms with van der Waals surface area (Å²) in [6.07, 6.45) is 0.579. The summed E-state index contributed by atoms with van der Waals surface area (Å²) >= 11 is 1.23. The van der Waals surface area contributed by atoms with E-state index in [2.05, 4.69) is 15.0 Å². The van der Waals surface area contributed by atoms with Crippen LogP contribution in [0.1, 0.15) is 5.37 Å². The van der Waals surface area contributed by atoms with Gasteiger partial charge in [0.05, 0.1) is 30.6 Å². The lowest BCUT2D eigenvalue weighted by Crippen LogP contribution is -2.32. The van der Waals surface area contributed by atoms with Crippen LogP contribution in [0.4, 0.5) is 0 Å². The van der Waals surface area contributed by atoms with E-state index in [-0.39, 0.29) is 17.7 Å². The van der Waals surface area contributed by atoms with Gasteiger partial charge in [-0.3, -0.25) is 9.36 Å². The minimum Gasteiger partial charge on any atom is -0.395 e. The lowest BCUT2D eigenvalue weighted by molar-refractivity contribution is 0.0113. The summed E-state index contributed by atoms with van der Waals surface area (Å²) < 4.78 is 1.54. The maximum Gasteiger partial charge on any atom is 0.278 e. The largest absolute Gasteiger partial charge is 0.395 e. The average molecular weight is 284 g/mol. The molecular weight excluding hydrogens is 272 g/mol. The molecule has 1 aliphatic rings. The Bertz CT molecular complexity index is 656. The number of aromatic amines is 1. The number of rotatable bonds is 2. The summed E-state index contributed by atoms with van der Waals surface area (Å²) in [5, 5.41) is 27.9. The Balaban J connectivity index is 2.06. The molecule has 2 aromatic heterocycles. The van der Waals surface area contributed by atoms with Gasteiger partial charge in [0.2, 0.25) is 0 Å². The predicted molar refractivity (Wildman–Crippen MR) is 67.7 cm³/mol. The van der Waals surface area contributed by atoms with Crippen molar-refractivity contribution in [2.75, 3.05) is 6.61 Å². The molecule has 19 heavy (non-hydrogen) atoms. The van der Waals surface area contributed by atoms with E-state index in [4.69, 9.17) is 5.11 Å². The van der Waals surface area contributed by atoms with Gasteiger partial charge in [0.15, 0.2) is 11.2 Å². The first-order valence-electron chi connectivity index (χ1n) is 5.66. The lowest BCUT2D eigenvalue weighted by Gasteiger charge is -2.16. The second kappa shape index (κ2) is 4.60. The van der Waals surface area contributed by atoms with E-state index in [1.54, 1.807) is 4.57 Å². The van der Waals surface area contributed by atoms with Crippen LogP contribution in [0.3, 0.4) is 0 Å². The van der Waals surface area contributed by atoms with Crippen LogP contribution < -0.4 is 5.56 Å². The number of thioether (sulfide) groups is 1. The third-order valence-corrected chi connectivity index (χ3v) is 4.72. The van der Waals surface area contributed by atoms with Crippen LogP contribution >= 0.6 is 11.8 Å². The van der Waals surface area contributed by atoms with Crippen molar-refractivity contribution in [3.63, 3.8) is 0 Å². The molecular formula is C10H12N4O4S. The lowest BCUT2D eigenvalue weighted by atomic mass is 10.1. The highest BCUT2D eigenvalue weighted by molar-refractivity contribution is 8.00. The van der Waals surface area contributed by atoms with E-state index in [9.17, 15) is 15.0 Å². The van der Waals surface area contributed by atoms with Crippen molar-refractivity contribution in [1.82, 2.24) is 19.5 Å². The molecule has 0 spiro atoms. The predicted octanol–water partition coefficient (Wildman–Crippen LogP) is -1.55. The van der Waals surface area contributed by atoms with Crippen LogP contribution in [0, 0.1) is 0 Å². The van der Waals surface area contributed by atoms with Gasteiger partial charge in [-0.25, -0.2) is 9.97 Å². The van der Waals surface area contributed by atoms with E-state index in [0.717, 1.165) is 0 Å². The van der Waals surface area contributed by atoms with Crippen LogP contribution in [0.2, 0.25) is 0 Å². The highest BCUT2D eigenvalue weighted by Crippen LogP contribution is 2.42. The molecule has 0 aromatic carbocycles. The zero-order valence-electron chi connectivity index (χ0n) is 9.67. The third-order valence-electron chi connectivity index (χ3n) is 3.16. The average Bonchev–Trinajstić information content (AvgIpc) is 2.94. The number of imidazole rings is 1. The Morgan fingerprint density at radius 2 is 2.16 bits per heavy atom. The van der Waals surface area contributed by atoms with Gasteiger partial charge >= 0.3 is 0 Å². The second-order valence-electron chi connectivity index (χ2n) is 4.28. The van der Waals surface area contributed by atoms with Crippen LogP contribution in [0.25, 0.3) is 11.2 Å². The summed E-state index contributed by atoms with van der Waals surface area (Å²) in [4.78, 5) is 22.0. The topological polar surface area (TPSA) is 124 Å². The Morgan fingerprint density at radius 3 is 2.84 bits per heavy atom. The standard InChI is InChI=1S/C10H12N4O4S/c15-1-4-6(16)7(17)10(19-4)14-3-13-5-8(14)11-2-12-9(5)18/h2-4,6-7,10,15-17H,1H2,(H,11,12,18)/t4-,6-,7-,10-/m1/s1. The molecule has 1 saturated heterocycles. The smallest absolute Gasteiger partial charge is 0.278 e. The quantitative estimate of drug-likeness (QED) is 0.526. The Morgan fingerprint density at radius 1 is 1.37 bits per heavy atom. The fourth-order valence-corrected chi connectivity index (χ4v) is 3.53. The Labute approximate surface area is 111 Å². The van der Waals surface area contributed by atoms with E-state index < -0.39 is 22.8 Å². The number of hydrogen-bond donors (Lipinski definition) is 4. The molecule has 9 heteroatoms. The van der Waals surface area contributed by atoms with Crippen molar-refractivity contribution in [2.24, 2.45) is 0 Å². The fourth-order valence-electron chi connectivity index (χ4n) is 2.16. The zero-order valence-corrected chi connectivity index (χ0v) is 10.5. The Hall–Kier alpha value is -1.42. The number of nitrogens with zero attached hydrogens (tertiary/aromatic N) is 3. The number of fused-ring (bicyclic) bond motifs is 1. The molecule has 0 saturated carbocycles. The number of nitrogens with one attached hydrogen (secondary N) is 1. The first-order valence-corrected chi connectivity index (χ1v) is 6.60. The van der Waals surface area contributed by atoms with E-state index >= 15 is 0 Å². The molecule has 1 fully saturated rings. The molecule has 2 aromatic rings. The van der Waals surface area contributed by atoms with Crippen molar-refractivity contribution in [1.29, 1.82) is 0 Å². The summed E-state index contributed by atoms with van der Waals surface area (Å²) in [5.41, 5.74) is 0.156. The second-order valence-corrected chi connectivity index (χ2v) is 5.65. The molecule has 0 amide bonds. The van der Waals surface area contributed by atoms with Gasteiger partial charge in [0.1, 0.15) is 11.5 Å². The molecule has 3 rings (SSSR count). The third kappa shape index (κ3) is 1.86. The van der Waals surface area contributed by atoms with Crippen molar-refractivity contribution >= 4 is 22.9 Å². The first-order chi connectivity index (χ1) is 9.13. The molecule has 8 nitrogen and oxygen atoms in total. The SMILES string of the molecule is O=c1[nH]cnc2c1ncn2[C@@H]1S[C@H](CO)[C@@H](O)[C@H]1O. The van der Waals surface area contributed by atoms with Gasteiger partial charge < -0.3 is 20.3 Å². The maximum absolute atomic E-state index is 11.5. The van der Waals surface area contributed by atoms with Crippen LogP contribution in [-0.2, 0) is 0 Å². The molecule has 4 N–H and O–H groups in total. The summed E-state index contributed by atoms with van der Waals surface area (Å²) in [5.74, 6) is 0. The molecule has 0 aliphatic carbocycles. The molecule has 102 valence electrons. The van der Waals surface area contributed by atoms with Crippen molar-refractivity contribution in [3.8, 4) is 0 Å². The van der Waals surface area contributed by atoms with Gasteiger partial charge in [-0.15, -0.1) is 11.8 Å². The number of aromatic nitrogens is 4. The molecule has 0 bridgehead atoms. The summed E-state index contributed by atoms with van der Waals surface area (Å²) in [6.45, 7) is -0.236. The zero-order chi connectivity index (χ0) is 13.6. The van der Waals surface area contributed by atoms with Gasteiger partial charge in [0.25, 0.3) is 5.56 Å². The molecule has 4 atom stereocenters.